The molecular weight excluding hydrogens is 306 g/mol. The molecule has 2 aromatic heterocycles. The zero-order valence-corrected chi connectivity index (χ0v) is 12.8. The Bertz CT molecular complexity index is 947. The molecule has 0 fully saturated rings. The van der Waals surface area contributed by atoms with Gasteiger partial charge in [-0.3, -0.25) is 4.79 Å². The van der Waals surface area contributed by atoms with Crippen molar-refractivity contribution in [3.8, 4) is 0 Å². The largest absolute Gasteiger partial charge is 0.480 e. The maximum Gasteiger partial charge on any atom is 0.326 e. The van der Waals surface area contributed by atoms with Gasteiger partial charge >= 0.3 is 5.97 Å². The topological polar surface area (TPSA) is 74.9 Å². The van der Waals surface area contributed by atoms with E-state index in [-0.39, 0.29) is 5.91 Å². The van der Waals surface area contributed by atoms with Gasteiger partial charge in [-0.15, -0.1) is 0 Å². The molecule has 1 amide bonds. The Hall–Kier alpha value is -3.15. The molecule has 3 heterocycles. The summed E-state index contributed by atoms with van der Waals surface area (Å²) < 4.78 is 1.75. The van der Waals surface area contributed by atoms with Gasteiger partial charge in [0.05, 0.1) is 5.56 Å². The lowest BCUT2D eigenvalue weighted by Crippen LogP contribution is -2.48. The van der Waals surface area contributed by atoms with E-state index < -0.39 is 12.0 Å². The number of carboxylic acids is 1. The van der Waals surface area contributed by atoms with Crippen LogP contribution in [0.1, 0.15) is 21.5 Å². The van der Waals surface area contributed by atoms with Crippen molar-refractivity contribution in [2.24, 2.45) is 0 Å². The van der Waals surface area contributed by atoms with E-state index in [1.165, 1.54) is 4.90 Å². The highest BCUT2D eigenvalue weighted by Gasteiger charge is 2.35. The second-order valence-corrected chi connectivity index (χ2v) is 5.87. The molecule has 1 aliphatic rings. The number of aromatic nitrogens is 2. The average Bonchev–Trinajstić information content (AvgIpc) is 3.07. The van der Waals surface area contributed by atoms with Crippen molar-refractivity contribution >= 4 is 17.5 Å². The molecule has 0 bridgehead atoms. The quantitative estimate of drug-likeness (QED) is 0.783. The second kappa shape index (κ2) is 5.49. The zero-order chi connectivity index (χ0) is 16.7. The molecule has 120 valence electrons. The summed E-state index contributed by atoms with van der Waals surface area (Å²) in [7, 11) is 0. The van der Waals surface area contributed by atoms with Crippen LogP contribution in [0.25, 0.3) is 5.65 Å². The number of benzene rings is 1. The highest BCUT2D eigenvalue weighted by atomic mass is 16.4. The third-order valence-electron chi connectivity index (χ3n) is 4.43. The SMILES string of the molecule is O=C(O)C1Cc2ccccc2CN1C(=O)c1ccc2nccn2c1. The number of carboxylic acid groups (broad SMARTS) is 1. The van der Waals surface area contributed by atoms with Gasteiger partial charge in [-0.2, -0.15) is 0 Å². The number of carbonyl (C=O) groups is 2. The number of hydrogen-bond acceptors (Lipinski definition) is 3. The average molecular weight is 321 g/mol. The van der Waals surface area contributed by atoms with Crippen LogP contribution in [0.15, 0.2) is 55.0 Å². The maximum atomic E-state index is 12.9. The molecule has 24 heavy (non-hydrogen) atoms. The van der Waals surface area contributed by atoms with Crippen molar-refractivity contribution in [3.05, 3.63) is 71.7 Å². The minimum absolute atomic E-state index is 0.285. The lowest BCUT2D eigenvalue weighted by molar-refractivity contribution is -0.142. The van der Waals surface area contributed by atoms with Crippen molar-refractivity contribution in [2.75, 3.05) is 0 Å². The third-order valence-corrected chi connectivity index (χ3v) is 4.43. The van der Waals surface area contributed by atoms with Crippen LogP contribution in [0.4, 0.5) is 0 Å². The molecule has 4 rings (SSSR count). The molecule has 0 aliphatic carbocycles. The molecule has 1 aliphatic heterocycles. The minimum Gasteiger partial charge on any atom is -0.480 e. The lowest BCUT2D eigenvalue weighted by atomic mass is 9.93. The third kappa shape index (κ3) is 2.32. The number of aliphatic carboxylic acids is 1. The number of pyridine rings is 1. The molecule has 0 spiro atoms. The molecule has 1 N–H and O–H groups in total. The fourth-order valence-corrected chi connectivity index (χ4v) is 3.17. The zero-order valence-electron chi connectivity index (χ0n) is 12.8. The second-order valence-electron chi connectivity index (χ2n) is 5.87. The molecule has 1 atom stereocenters. The smallest absolute Gasteiger partial charge is 0.326 e. The number of carbonyl (C=O) groups excluding carboxylic acids is 1. The van der Waals surface area contributed by atoms with Crippen LogP contribution in [-0.2, 0) is 17.8 Å². The Labute approximate surface area is 138 Å². The van der Waals surface area contributed by atoms with Crippen molar-refractivity contribution in [1.29, 1.82) is 0 Å². The van der Waals surface area contributed by atoms with Gasteiger partial charge in [0.15, 0.2) is 0 Å². The predicted octanol–water partition coefficient (Wildman–Crippen LogP) is 1.99. The van der Waals surface area contributed by atoms with Crippen LogP contribution in [0.3, 0.4) is 0 Å². The van der Waals surface area contributed by atoms with Crippen molar-refractivity contribution < 1.29 is 14.7 Å². The fourth-order valence-electron chi connectivity index (χ4n) is 3.17. The standard InChI is InChI=1S/C18H15N3O3/c22-17(14-5-6-16-19-7-8-20(16)10-14)21-11-13-4-2-1-3-12(13)9-15(21)18(23)24/h1-8,10,15H,9,11H2,(H,23,24). The Balaban J connectivity index is 1.72. The summed E-state index contributed by atoms with van der Waals surface area (Å²) in [6, 6.07) is 10.2. The lowest BCUT2D eigenvalue weighted by Gasteiger charge is -2.34. The van der Waals surface area contributed by atoms with Gasteiger partial charge in [-0.05, 0) is 23.3 Å². The van der Waals surface area contributed by atoms with Gasteiger partial charge in [0.25, 0.3) is 5.91 Å². The summed E-state index contributed by atoms with van der Waals surface area (Å²) in [6.45, 7) is 0.300. The summed E-state index contributed by atoms with van der Waals surface area (Å²) in [4.78, 5) is 30.2. The highest BCUT2D eigenvalue weighted by Crippen LogP contribution is 2.25. The van der Waals surface area contributed by atoms with E-state index in [1.807, 2.05) is 24.3 Å². The summed E-state index contributed by atoms with van der Waals surface area (Å²) in [5.41, 5.74) is 3.17. The number of hydrogen-bond donors (Lipinski definition) is 1. The first-order chi connectivity index (χ1) is 11.6. The van der Waals surface area contributed by atoms with Gasteiger partial charge in [0.2, 0.25) is 0 Å². The number of fused-ring (bicyclic) bond motifs is 2. The molecule has 3 aromatic rings. The monoisotopic (exact) mass is 321 g/mol. The van der Waals surface area contributed by atoms with Crippen LogP contribution < -0.4 is 0 Å². The number of rotatable bonds is 2. The minimum atomic E-state index is -0.985. The van der Waals surface area contributed by atoms with Crippen LogP contribution in [0, 0.1) is 0 Å². The highest BCUT2D eigenvalue weighted by molar-refractivity contribution is 5.97. The molecule has 0 radical (unpaired) electrons. The Morgan fingerprint density at radius 2 is 1.92 bits per heavy atom. The molecule has 1 unspecified atom stereocenters. The number of imidazole rings is 1. The van der Waals surface area contributed by atoms with Gasteiger partial charge < -0.3 is 14.4 Å². The predicted molar refractivity (Wildman–Crippen MR) is 86.6 cm³/mol. The van der Waals surface area contributed by atoms with Crippen molar-refractivity contribution in [1.82, 2.24) is 14.3 Å². The maximum absolute atomic E-state index is 12.9. The fraction of sp³-hybridized carbons (Fsp3) is 0.167. The normalized spacial score (nSPS) is 16.8. The van der Waals surface area contributed by atoms with Crippen molar-refractivity contribution in [2.45, 2.75) is 19.0 Å². The first-order valence-corrected chi connectivity index (χ1v) is 7.67. The molecule has 6 heteroatoms. The van der Waals surface area contributed by atoms with Crippen LogP contribution in [-0.4, -0.2) is 37.3 Å². The summed E-state index contributed by atoms with van der Waals surface area (Å²) in [5.74, 6) is -1.27. The first-order valence-electron chi connectivity index (χ1n) is 7.67. The summed E-state index contributed by atoms with van der Waals surface area (Å²) >= 11 is 0. The number of amides is 1. The first kappa shape index (κ1) is 14.4. The molecule has 0 saturated carbocycles. The van der Waals surface area contributed by atoms with E-state index in [0.717, 1.165) is 16.8 Å². The van der Waals surface area contributed by atoms with Gasteiger partial charge in [-0.1, -0.05) is 24.3 Å². The van der Waals surface area contributed by atoms with Gasteiger partial charge in [-0.25, -0.2) is 9.78 Å². The van der Waals surface area contributed by atoms with Crippen LogP contribution in [0.2, 0.25) is 0 Å². The van der Waals surface area contributed by atoms with Crippen LogP contribution >= 0.6 is 0 Å². The Kier molecular flexibility index (Phi) is 3.30. The van der Waals surface area contributed by atoms with Crippen LogP contribution in [0.5, 0.6) is 0 Å². The number of nitrogens with zero attached hydrogens (tertiary/aromatic N) is 3. The van der Waals surface area contributed by atoms with Gasteiger partial charge in [0.1, 0.15) is 11.7 Å². The van der Waals surface area contributed by atoms with E-state index in [1.54, 1.807) is 35.1 Å². The van der Waals surface area contributed by atoms with Crippen molar-refractivity contribution in [3.63, 3.8) is 0 Å². The summed E-state index contributed by atoms with van der Waals surface area (Å²) in [6.07, 6.45) is 5.42. The Morgan fingerprint density at radius 3 is 2.71 bits per heavy atom. The molecule has 6 nitrogen and oxygen atoms in total. The van der Waals surface area contributed by atoms with E-state index in [0.29, 0.717) is 18.5 Å². The van der Waals surface area contributed by atoms with Gasteiger partial charge in [0, 0.05) is 31.6 Å². The Morgan fingerprint density at radius 1 is 1.12 bits per heavy atom. The van der Waals surface area contributed by atoms with E-state index in [9.17, 15) is 14.7 Å². The van der Waals surface area contributed by atoms with E-state index in [2.05, 4.69) is 4.98 Å². The van der Waals surface area contributed by atoms with E-state index in [4.69, 9.17) is 0 Å². The molecule has 1 aromatic carbocycles. The van der Waals surface area contributed by atoms with E-state index >= 15 is 0 Å². The summed E-state index contributed by atoms with van der Waals surface area (Å²) in [5, 5.41) is 9.56. The molecular formula is C18H15N3O3. The molecule has 0 saturated heterocycles.